The Morgan fingerprint density at radius 2 is 1.94 bits per heavy atom. The number of methoxy groups -OCH3 is 1. The summed E-state index contributed by atoms with van der Waals surface area (Å²) >= 11 is 0. The Bertz CT molecular complexity index is 383. The monoisotopic (exact) mass is 275 g/mol. The van der Waals surface area contributed by atoms with Crippen molar-refractivity contribution in [2.45, 2.75) is 19.4 Å². The SMILES string of the molecule is CCC(C#N)N1CCN(S(=O)(=O)CCOC)CC1. The average Bonchev–Trinajstić information content (AvgIpc) is 2.38. The number of hydrogen-bond donors (Lipinski definition) is 0. The average molecular weight is 275 g/mol. The van der Waals surface area contributed by atoms with E-state index >= 15 is 0 Å². The third-order valence-electron chi connectivity index (χ3n) is 3.19. The normalized spacial score (nSPS) is 20.5. The minimum absolute atomic E-state index is 0.0267. The lowest BCUT2D eigenvalue weighted by molar-refractivity contribution is 0.158. The second-order valence-electron chi connectivity index (χ2n) is 4.30. The topological polar surface area (TPSA) is 73.6 Å². The number of nitriles is 1. The smallest absolute Gasteiger partial charge is 0.216 e. The van der Waals surface area contributed by atoms with Crippen LogP contribution >= 0.6 is 0 Å². The highest BCUT2D eigenvalue weighted by Crippen LogP contribution is 2.12. The van der Waals surface area contributed by atoms with Gasteiger partial charge in [-0.3, -0.25) is 4.90 Å². The van der Waals surface area contributed by atoms with E-state index < -0.39 is 10.0 Å². The minimum Gasteiger partial charge on any atom is -0.384 e. The summed E-state index contributed by atoms with van der Waals surface area (Å²) in [5, 5.41) is 8.98. The van der Waals surface area contributed by atoms with Crippen LogP contribution in [0.15, 0.2) is 0 Å². The summed E-state index contributed by atoms with van der Waals surface area (Å²) in [7, 11) is -1.72. The van der Waals surface area contributed by atoms with Gasteiger partial charge in [0.2, 0.25) is 10.0 Å². The number of hydrogen-bond acceptors (Lipinski definition) is 5. The Balaban J connectivity index is 2.51. The van der Waals surface area contributed by atoms with Crippen molar-refractivity contribution in [1.82, 2.24) is 9.21 Å². The van der Waals surface area contributed by atoms with E-state index in [0.717, 1.165) is 6.42 Å². The highest BCUT2D eigenvalue weighted by Gasteiger charge is 2.28. The lowest BCUT2D eigenvalue weighted by Gasteiger charge is -2.35. The first-order valence-electron chi connectivity index (χ1n) is 6.15. The molecule has 1 saturated heterocycles. The van der Waals surface area contributed by atoms with Gasteiger partial charge in [-0.15, -0.1) is 0 Å². The van der Waals surface area contributed by atoms with E-state index in [9.17, 15) is 8.42 Å². The van der Waals surface area contributed by atoms with Crippen LogP contribution in [-0.4, -0.2) is 69.3 Å². The third kappa shape index (κ3) is 3.92. The van der Waals surface area contributed by atoms with E-state index in [0.29, 0.717) is 26.2 Å². The zero-order chi connectivity index (χ0) is 13.6. The largest absolute Gasteiger partial charge is 0.384 e. The fourth-order valence-electron chi connectivity index (χ4n) is 2.04. The Labute approximate surface area is 109 Å². The van der Waals surface area contributed by atoms with Gasteiger partial charge in [-0.05, 0) is 6.42 Å². The molecule has 7 heteroatoms. The van der Waals surface area contributed by atoms with Crippen LogP contribution in [0.25, 0.3) is 0 Å². The molecule has 0 amide bonds. The molecule has 0 saturated carbocycles. The molecule has 104 valence electrons. The summed E-state index contributed by atoms with van der Waals surface area (Å²) < 4.78 is 30.1. The Morgan fingerprint density at radius 1 is 1.33 bits per heavy atom. The van der Waals surface area contributed by atoms with Crippen molar-refractivity contribution in [1.29, 1.82) is 5.26 Å². The first-order chi connectivity index (χ1) is 8.55. The van der Waals surface area contributed by atoms with Gasteiger partial charge in [0.1, 0.15) is 0 Å². The second kappa shape index (κ2) is 7.04. The lowest BCUT2D eigenvalue weighted by Crippen LogP contribution is -2.52. The third-order valence-corrected chi connectivity index (χ3v) is 5.02. The van der Waals surface area contributed by atoms with Crippen LogP contribution in [-0.2, 0) is 14.8 Å². The maximum Gasteiger partial charge on any atom is 0.216 e. The van der Waals surface area contributed by atoms with Gasteiger partial charge in [0.15, 0.2) is 0 Å². The number of ether oxygens (including phenoxy) is 1. The molecule has 1 aliphatic heterocycles. The molecule has 1 fully saturated rings. The number of nitrogens with zero attached hydrogens (tertiary/aromatic N) is 3. The number of sulfonamides is 1. The molecule has 0 spiro atoms. The molecule has 0 N–H and O–H groups in total. The molecular weight excluding hydrogens is 254 g/mol. The van der Waals surface area contributed by atoms with Crippen LogP contribution in [0.1, 0.15) is 13.3 Å². The molecule has 1 heterocycles. The zero-order valence-electron chi connectivity index (χ0n) is 11.0. The minimum atomic E-state index is -3.21. The van der Waals surface area contributed by atoms with Crippen molar-refractivity contribution in [2.75, 3.05) is 45.6 Å². The molecule has 0 aliphatic carbocycles. The fourth-order valence-corrected chi connectivity index (χ4v) is 3.40. The summed E-state index contributed by atoms with van der Waals surface area (Å²) in [5.41, 5.74) is 0. The molecule has 1 unspecified atom stereocenters. The van der Waals surface area contributed by atoms with Crippen LogP contribution in [0, 0.1) is 11.3 Å². The van der Waals surface area contributed by atoms with Crippen LogP contribution in [0.2, 0.25) is 0 Å². The van der Waals surface area contributed by atoms with Gasteiger partial charge in [0.25, 0.3) is 0 Å². The predicted molar refractivity (Wildman–Crippen MR) is 68.5 cm³/mol. The highest BCUT2D eigenvalue weighted by atomic mass is 32.2. The molecule has 1 aliphatic rings. The van der Waals surface area contributed by atoms with Gasteiger partial charge < -0.3 is 4.74 Å². The fraction of sp³-hybridized carbons (Fsp3) is 0.909. The highest BCUT2D eigenvalue weighted by molar-refractivity contribution is 7.89. The van der Waals surface area contributed by atoms with Crippen LogP contribution in [0.3, 0.4) is 0 Å². The maximum absolute atomic E-state index is 11.9. The maximum atomic E-state index is 11.9. The summed E-state index contributed by atoms with van der Waals surface area (Å²) in [6.07, 6.45) is 0.771. The molecular formula is C11H21N3O3S. The van der Waals surface area contributed by atoms with E-state index in [-0.39, 0.29) is 18.4 Å². The molecule has 0 bridgehead atoms. The number of piperazine rings is 1. The van der Waals surface area contributed by atoms with E-state index in [1.165, 1.54) is 11.4 Å². The van der Waals surface area contributed by atoms with Crippen molar-refractivity contribution >= 4 is 10.0 Å². The molecule has 0 aromatic rings. The first kappa shape index (κ1) is 15.4. The standard InChI is InChI=1S/C11H21N3O3S/c1-3-11(10-12)13-4-6-14(7-5-13)18(15,16)9-8-17-2/h11H,3-9H2,1-2H3. The van der Waals surface area contributed by atoms with E-state index in [2.05, 4.69) is 6.07 Å². The quantitative estimate of drug-likeness (QED) is 0.676. The molecule has 18 heavy (non-hydrogen) atoms. The Morgan fingerprint density at radius 3 is 2.39 bits per heavy atom. The van der Waals surface area contributed by atoms with E-state index in [4.69, 9.17) is 10.00 Å². The van der Waals surface area contributed by atoms with Crippen molar-refractivity contribution < 1.29 is 13.2 Å². The van der Waals surface area contributed by atoms with Gasteiger partial charge in [0, 0.05) is 33.3 Å². The molecule has 1 rings (SSSR count). The van der Waals surface area contributed by atoms with Crippen molar-refractivity contribution in [3.05, 3.63) is 0 Å². The Kier molecular flexibility index (Phi) is 6.02. The van der Waals surface area contributed by atoms with Crippen LogP contribution < -0.4 is 0 Å². The summed E-state index contributed by atoms with van der Waals surface area (Å²) in [5.74, 6) is 0.0267. The zero-order valence-corrected chi connectivity index (χ0v) is 11.8. The second-order valence-corrected chi connectivity index (χ2v) is 6.39. The molecule has 6 nitrogen and oxygen atoms in total. The van der Waals surface area contributed by atoms with Gasteiger partial charge >= 0.3 is 0 Å². The van der Waals surface area contributed by atoms with Crippen molar-refractivity contribution in [3.8, 4) is 6.07 Å². The first-order valence-corrected chi connectivity index (χ1v) is 7.76. The predicted octanol–water partition coefficient (Wildman–Crippen LogP) is -0.118. The molecule has 0 aromatic carbocycles. The van der Waals surface area contributed by atoms with Gasteiger partial charge in [0.05, 0.1) is 24.5 Å². The molecule has 1 atom stereocenters. The van der Waals surface area contributed by atoms with Crippen molar-refractivity contribution in [2.24, 2.45) is 0 Å². The van der Waals surface area contributed by atoms with Gasteiger partial charge in [-0.1, -0.05) is 6.92 Å². The van der Waals surface area contributed by atoms with Crippen LogP contribution in [0.5, 0.6) is 0 Å². The summed E-state index contributed by atoms with van der Waals surface area (Å²) in [4.78, 5) is 2.04. The molecule has 0 aromatic heterocycles. The van der Waals surface area contributed by atoms with Crippen LogP contribution in [0.4, 0.5) is 0 Å². The molecule has 0 radical (unpaired) electrons. The number of rotatable bonds is 6. The van der Waals surface area contributed by atoms with Gasteiger partial charge in [-0.2, -0.15) is 9.57 Å². The summed E-state index contributed by atoms with van der Waals surface area (Å²) in [6.45, 7) is 4.36. The summed E-state index contributed by atoms with van der Waals surface area (Å²) in [6, 6.07) is 2.14. The lowest BCUT2D eigenvalue weighted by atomic mass is 10.2. The van der Waals surface area contributed by atoms with E-state index in [1.54, 1.807) is 0 Å². The van der Waals surface area contributed by atoms with E-state index in [1.807, 2.05) is 11.8 Å². The Hall–Kier alpha value is -0.680. The van der Waals surface area contributed by atoms with Crippen molar-refractivity contribution in [3.63, 3.8) is 0 Å². The van der Waals surface area contributed by atoms with Gasteiger partial charge in [-0.25, -0.2) is 8.42 Å².